The van der Waals surface area contributed by atoms with Crippen LogP contribution in [0.25, 0.3) is 0 Å². The zero-order chi connectivity index (χ0) is 12.8. The highest BCUT2D eigenvalue weighted by molar-refractivity contribution is 5.89. The van der Waals surface area contributed by atoms with Crippen molar-refractivity contribution in [2.24, 2.45) is 12.8 Å². The average molecular weight is 245 g/mol. The first-order valence-electron chi connectivity index (χ1n) is 5.08. The van der Waals surface area contributed by atoms with E-state index in [-0.39, 0.29) is 24.2 Å². The Morgan fingerprint density at radius 3 is 2.71 bits per heavy atom. The van der Waals surface area contributed by atoms with Crippen LogP contribution in [0.1, 0.15) is 22.5 Å². The second kappa shape index (κ2) is 3.49. The Bertz CT molecular complexity index is 472. The molecule has 0 aliphatic heterocycles. The van der Waals surface area contributed by atoms with Crippen molar-refractivity contribution in [3.05, 3.63) is 17.5 Å². The largest absolute Gasteiger partial charge is 0.464 e. The van der Waals surface area contributed by atoms with E-state index in [4.69, 9.17) is 5.73 Å². The summed E-state index contributed by atoms with van der Waals surface area (Å²) in [5, 5.41) is 3.85. The van der Waals surface area contributed by atoms with Crippen molar-refractivity contribution in [1.29, 1.82) is 0 Å². The maximum atomic E-state index is 13.4. The monoisotopic (exact) mass is 245 g/mol. The van der Waals surface area contributed by atoms with Crippen LogP contribution in [-0.4, -0.2) is 35.3 Å². The summed E-state index contributed by atoms with van der Waals surface area (Å²) in [6.07, 6.45) is 1.05. The lowest BCUT2D eigenvalue weighted by Gasteiger charge is -2.12. The lowest BCUT2D eigenvalue weighted by molar-refractivity contribution is 0.0587. The summed E-state index contributed by atoms with van der Waals surface area (Å²) < 4.78 is 32.7. The summed E-state index contributed by atoms with van der Waals surface area (Å²) >= 11 is 0. The first-order chi connectivity index (χ1) is 7.88. The Balaban J connectivity index is 2.49. The van der Waals surface area contributed by atoms with Gasteiger partial charge in [-0.1, -0.05) is 0 Å². The minimum atomic E-state index is -2.88. The van der Waals surface area contributed by atoms with Crippen molar-refractivity contribution < 1.29 is 18.3 Å². The molecule has 0 spiro atoms. The first-order valence-corrected chi connectivity index (χ1v) is 5.08. The molecule has 1 atom stereocenters. The standard InChI is InChI=1S/C10H13F2N3O2/c1-15-3-6(7(14-15)8(16)17-2)9(5-13)4-10(9,11)12/h3H,4-5,13H2,1-2H3. The van der Waals surface area contributed by atoms with E-state index >= 15 is 0 Å². The van der Waals surface area contributed by atoms with Gasteiger partial charge in [0.1, 0.15) is 0 Å². The average Bonchev–Trinajstić information content (AvgIpc) is 2.65. The molecule has 1 unspecified atom stereocenters. The molecular formula is C10H13F2N3O2. The van der Waals surface area contributed by atoms with Gasteiger partial charge in [-0.25, -0.2) is 13.6 Å². The number of ether oxygens (including phenoxy) is 1. The number of hydrogen-bond donors (Lipinski definition) is 1. The molecule has 17 heavy (non-hydrogen) atoms. The maximum absolute atomic E-state index is 13.4. The lowest BCUT2D eigenvalue weighted by Crippen LogP contribution is -2.28. The number of alkyl halides is 2. The third-order valence-electron chi connectivity index (χ3n) is 3.17. The van der Waals surface area contributed by atoms with Gasteiger partial charge >= 0.3 is 5.97 Å². The molecule has 0 aromatic carbocycles. The Morgan fingerprint density at radius 2 is 2.29 bits per heavy atom. The van der Waals surface area contributed by atoms with Crippen LogP contribution in [-0.2, 0) is 17.2 Å². The van der Waals surface area contributed by atoms with E-state index in [0.717, 1.165) is 0 Å². The molecule has 0 saturated heterocycles. The molecule has 1 aromatic heterocycles. The molecule has 7 heteroatoms. The summed E-state index contributed by atoms with van der Waals surface area (Å²) in [5.74, 6) is -3.61. The maximum Gasteiger partial charge on any atom is 0.358 e. The normalized spacial score (nSPS) is 25.7. The highest BCUT2D eigenvalue weighted by Gasteiger charge is 2.72. The van der Waals surface area contributed by atoms with E-state index in [9.17, 15) is 13.6 Å². The van der Waals surface area contributed by atoms with Gasteiger partial charge in [-0.15, -0.1) is 0 Å². The Morgan fingerprint density at radius 1 is 1.71 bits per heavy atom. The second-order valence-electron chi connectivity index (χ2n) is 4.22. The Hall–Kier alpha value is -1.50. The number of carbonyl (C=O) groups excluding carboxylic acids is 1. The van der Waals surface area contributed by atoms with Gasteiger partial charge in [0.25, 0.3) is 5.92 Å². The van der Waals surface area contributed by atoms with Crippen molar-refractivity contribution in [3.8, 4) is 0 Å². The molecule has 1 aliphatic carbocycles. The van der Waals surface area contributed by atoms with Crippen LogP contribution in [0.5, 0.6) is 0 Å². The number of hydrogen-bond acceptors (Lipinski definition) is 4. The van der Waals surface area contributed by atoms with E-state index in [2.05, 4.69) is 9.84 Å². The minimum absolute atomic E-state index is 0.0855. The zero-order valence-corrected chi connectivity index (χ0v) is 9.54. The highest BCUT2D eigenvalue weighted by Crippen LogP contribution is 2.61. The summed E-state index contributed by atoms with van der Waals surface area (Å²) in [4.78, 5) is 11.5. The molecule has 1 saturated carbocycles. The fraction of sp³-hybridized carbons (Fsp3) is 0.600. The van der Waals surface area contributed by atoms with E-state index < -0.39 is 17.3 Å². The number of nitrogens with two attached hydrogens (primary N) is 1. The van der Waals surface area contributed by atoms with Gasteiger partial charge in [0.15, 0.2) is 5.69 Å². The van der Waals surface area contributed by atoms with Crippen LogP contribution in [0.4, 0.5) is 8.78 Å². The number of carbonyl (C=O) groups is 1. The fourth-order valence-electron chi connectivity index (χ4n) is 2.04. The van der Waals surface area contributed by atoms with Gasteiger partial charge < -0.3 is 10.5 Å². The molecule has 1 heterocycles. The molecule has 1 fully saturated rings. The minimum Gasteiger partial charge on any atom is -0.464 e. The Labute approximate surface area is 96.5 Å². The molecule has 5 nitrogen and oxygen atoms in total. The van der Waals surface area contributed by atoms with Crippen LogP contribution >= 0.6 is 0 Å². The number of methoxy groups -OCH3 is 1. The molecule has 94 valence electrons. The molecule has 1 aromatic rings. The van der Waals surface area contributed by atoms with E-state index in [0.29, 0.717) is 0 Å². The van der Waals surface area contributed by atoms with Crippen LogP contribution in [0.3, 0.4) is 0 Å². The van der Waals surface area contributed by atoms with E-state index in [1.165, 1.54) is 18.0 Å². The van der Waals surface area contributed by atoms with Crippen molar-refractivity contribution >= 4 is 5.97 Å². The van der Waals surface area contributed by atoms with Crippen molar-refractivity contribution in [2.45, 2.75) is 17.8 Å². The summed E-state index contributed by atoms with van der Waals surface area (Å²) in [7, 11) is 2.74. The molecule has 2 N–H and O–H groups in total. The van der Waals surface area contributed by atoms with Gasteiger partial charge in [-0.3, -0.25) is 4.68 Å². The van der Waals surface area contributed by atoms with Crippen molar-refractivity contribution in [1.82, 2.24) is 9.78 Å². The number of esters is 1. The molecule has 0 bridgehead atoms. The zero-order valence-electron chi connectivity index (χ0n) is 9.54. The van der Waals surface area contributed by atoms with Crippen molar-refractivity contribution in [3.63, 3.8) is 0 Å². The molecular weight excluding hydrogens is 232 g/mol. The second-order valence-corrected chi connectivity index (χ2v) is 4.22. The van der Waals surface area contributed by atoms with E-state index in [1.54, 1.807) is 7.05 Å². The SMILES string of the molecule is COC(=O)c1nn(C)cc1C1(CN)CC1(F)F. The van der Waals surface area contributed by atoms with Gasteiger partial charge in [0.2, 0.25) is 0 Å². The number of halogens is 2. The number of nitrogens with zero attached hydrogens (tertiary/aromatic N) is 2. The summed E-state index contributed by atoms with van der Waals surface area (Å²) in [6, 6.07) is 0. The highest BCUT2D eigenvalue weighted by atomic mass is 19.3. The first kappa shape index (κ1) is 12.0. The lowest BCUT2D eigenvalue weighted by atomic mass is 9.96. The van der Waals surface area contributed by atoms with Gasteiger partial charge in [-0.2, -0.15) is 5.10 Å². The fourth-order valence-corrected chi connectivity index (χ4v) is 2.04. The third kappa shape index (κ3) is 1.53. The van der Waals surface area contributed by atoms with E-state index in [1.807, 2.05) is 0 Å². The van der Waals surface area contributed by atoms with Gasteiger partial charge in [-0.05, 0) is 0 Å². The molecule has 2 rings (SSSR count). The Kier molecular flexibility index (Phi) is 2.46. The van der Waals surface area contributed by atoms with Crippen LogP contribution in [0.15, 0.2) is 6.20 Å². The molecule has 0 amide bonds. The quantitative estimate of drug-likeness (QED) is 0.784. The predicted octanol–water partition coefficient (Wildman–Crippen LogP) is 0.442. The topological polar surface area (TPSA) is 70.1 Å². The van der Waals surface area contributed by atoms with Crippen LogP contribution in [0, 0.1) is 0 Å². The third-order valence-corrected chi connectivity index (χ3v) is 3.17. The summed E-state index contributed by atoms with van der Waals surface area (Å²) in [6.45, 7) is -0.227. The van der Waals surface area contributed by atoms with Crippen LogP contribution in [0.2, 0.25) is 0 Å². The predicted molar refractivity (Wildman–Crippen MR) is 54.8 cm³/mol. The smallest absolute Gasteiger partial charge is 0.358 e. The van der Waals surface area contributed by atoms with Gasteiger partial charge in [0, 0.05) is 31.8 Å². The number of aromatic nitrogens is 2. The molecule has 0 radical (unpaired) electrons. The van der Waals surface area contributed by atoms with Crippen molar-refractivity contribution in [2.75, 3.05) is 13.7 Å². The van der Waals surface area contributed by atoms with Crippen LogP contribution < -0.4 is 5.73 Å². The molecule has 1 aliphatic rings. The number of rotatable bonds is 3. The van der Waals surface area contributed by atoms with Gasteiger partial charge in [0.05, 0.1) is 12.5 Å². The number of aryl methyl sites for hydroxylation is 1. The summed E-state index contributed by atoms with van der Waals surface area (Å²) in [5.41, 5.74) is 4.04.